The standard InChI is InChI=1S/C20H22O5/c1-3-4-13-24-17-9-11-18(12-10-17)25-19(20(21)22)14-15-5-7-16(23-2)8-6-15/h5-12,14H,3-4,13H2,1-2H3,(H,21,22). The highest BCUT2D eigenvalue weighted by molar-refractivity contribution is 5.90. The summed E-state index contributed by atoms with van der Waals surface area (Å²) in [4.78, 5) is 11.4. The average Bonchev–Trinajstić information content (AvgIpc) is 2.63. The van der Waals surface area contributed by atoms with Crippen molar-refractivity contribution in [1.29, 1.82) is 0 Å². The summed E-state index contributed by atoms with van der Waals surface area (Å²) in [6.07, 6.45) is 3.53. The minimum atomic E-state index is -1.14. The van der Waals surface area contributed by atoms with E-state index in [1.807, 2.05) is 0 Å². The Bertz CT molecular complexity index is 702. The quantitative estimate of drug-likeness (QED) is 0.416. The Kier molecular flexibility index (Phi) is 6.89. The van der Waals surface area contributed by atoms with Gasteiger partial charge in [-0.25, -0.2) is 4.79 Å². The van der Waals surface area contributed by atoms with E-state index in [1.165, 1.54) is 6.08 Å². The molecule has 0 aromatic heterocycles. The molecule has 2 rings (SSSR count). The lowest BCUT2D eigenvalue weighted by molar-refractivity contribution is -0.134. The molecule has 0 fully saturated rings. The summed E-state index contributed by atoms with van der Waals surface area (Å²) in [5.74, 6) is 0.569. The molecule has 0 radical (unpaired) electrons. The van der Waals surface area contributed by atoms with Gasteiger partial charge in [0.15, 0.2) is 0 Å². The zero-order valence-corrected chi connectivity index (χ0v) is 14.4. The first-order valence-electron chi connectivity index (χ1n) is 8.12. The van der Waals surface area contributed by atoms with E-state index in [1.54, 1.807) is 55.6 Å². The molecule has 0 heterocycles. The summed E-state index contributed by atoms with van der Waals surface area (Å²) in [7, 11) is 1.58. The van der Waals surface area contributed by atoms with E-state index in [9.17, 15) is 9.90 Å². The Labute approximate surface area is 147 Å². The van der Waals surface area contributed by atoms with Crippen molar-refractivity contribution in [3.05, 3.63) is 59.9 Å². The molecule has 5 nitrogen and oxygen atoms in total. The fourth-order valence-electron chi connectivity index (χ4n) is 2.05. The highest BCUT2D eigenvalue weighted by Crippen LogP contribution is 2.21. The number of carbonyl (C=O) groups is 1. The molecule has 2 aromatic carbocycles. The maximum absolute atomic E-state index is 11.4. The highest BCUT2D eigenvalue weighted by atomic mass is 16.5. The van der Waals surface area contributed by atoms with Gasteiger partial charge in [0.2, 0.25) is 5.76 Å². The van der Waals surface area contributed by atoms with Crippen LogP contribution in [0.3, 0.4) is 0 Å². The van der Waals surface area contributed by atoms with Crippen molar-refractivity contribution in [1.82, 2.24) is 0 Å². The molecule has 0 amide bonds. The number of aliphatic carboxylic acids is 1. The zero-order valence-electron chi connectivity index (χ0n) is 14.4. The molecule has 0 spiro atoms. The SMILES string of the molecule is CCCCOc1ccc(OC(=Cc2ccc(OC)cc2)C(=O)O)cc1. The Balaban J connectivity index is 2.07. The number of hydrogen-bond acceptors (Lipinski definition) is 4. The van der Waals surface area contributed by atoms with Crippen LogP contribution < -0.4 is 14.2 Å². The molecule has 132 valence electrons. The fraction of sp³-hybridized carbons (Fsp3) is 0.250. The fourth-order valence-corrected chi connectivity index (χ4v) is 2.05. The summed E-state index contributed by atoms with van der Waals surface area (Å²) >= 11 is 0. The van der Waals surface area contributed by atoms with Gasteiger partial charge in [-0.2, -0.15) is 0 Å². The van der Waals surface area contributed by atoms with E-state index >= 15 is 0 Å². The lowest BCUT2D eigenvalue weighted by Gasteiger charge is -2.09. The monoisotopic (exact) mass is 342 g/mol. The summed E-state index contributed by atoms with van der Waals surface area (Å²) in [5.41, 5.74) is 0.706. The van der Waals surface area contributed by atoms with Crippen molar-refractivity contribution in [2.45, 2.75) is 19.8 Å². The Morgan fingerprint density at radius 2 is 1.60 bits per heavy atom. The van der Waals surface area contributed by atoms with Crippen molar-refractivity contribution in [2.75, 3.05) is 13.7 Å². The smallest absolute Gasteiger partial charge is 0.371 e. The Morgan fingerprint density at radius 3 is 2.16 bits per heavy atom. The molecule has 1 N–H and O–H groups in total. The molecule has 0 saturated carbocycles. The summed E-state index contributed by atoms with van der Waals surface area (Å²) in [5, 5.41) is 9.35. The van der Waals surface area contributed by atoms with Gasteiger partial charge in [-0.05, 0) is 54.5 Å². The summed E-state index contributed by atoms with van der Waals surface area (Å²) in [6.45, 7) is 2.76. The third-order valence-electron chi connectivity index (χ3n) is 3.44. The van der Waals surface area contributed by atoms with Crippen LogP contribution in [-0.4, -0.2) is 24.8 Å². The van der Waals surface area contributed by atoms with Crippen molar-refractivity contribution in [3.63, 3.8) is 0 Å². The van der Waals surface area contributed by atoms with Crippen LogP contribution in [0.5, 0.6) is 17.2 Å². The molecule has 5 heteroatoms. The highest BCUT2D eigenvalue weighted by Gasteiger charge is 2.11. The number of methoxy groups -OCH3 is 1. The molecule has 0 unspecified atom stereocenters. The number of carboxylic acids is 1. The second kappa shape index (κ2) is 9.37. The van der Waals surface area contributed by atoms with Gasteiger partial charge < -0.3 is 19.3 Å². The van der Waals surface area contributed by atoms with Crippen molar-refractivity contribution >= 4 is 12.0 Å². The second-order valence-corrected chi connectivity index (χ2v) is 5.36. The Hall–Kier alpha value is -2.95. The third-order valence-corrected chi connectivity index (χ3v) is 3.44. The first kappa shape index (κ1) is 18.4. The van der Waals surface area contributed by atoms with E-state index in [-0.39, 0.29) is 5.76 Å². The first-order chi connectivity index (χ1) is 12.1. The molecular weight excluding hydrogens is 320 g/mol. The number of rotatable bonds is 9. The normalized spacial score (nSPS) is 11.0. The van der Waals surface area contributed by atoms with E-state index in [0.29, 0.717) is 23.7 Å². The van der Waals surface area contributed by atoms with E-state index in [0.717, 1.165) is 18.6 Å². The van der Waals surface area contributed by atoms with Crippen LogP contribution in [0.2, 0.25) is 0 Å². The lowest BCUT2D eigenvalue weighted by atomic mass is 10.2. The molecule has 0 bridgehead atoms. The molecule has 0 aliphatic carbocycles. The molecule has 0 aliphatic heterocycles. The van der Waals surface area contributed by atoms with Crippen molar-refractivity contribution in [2.24, 2.45) is 0 Å². The van der Waals surface area contributed by atoms with Crippen LogP contribution in [0.25, 0.3) is 6.08 Å². The van der Waals surface area contributed by atoms with Crippen LogP contribution in [0, 0.1) is 0 Å². The van der Waals surface area contributed by atoms with Gasteiger partial charge in [0.05, 0.1) is 13.7 Å². The third kappa shape index (κ3) is 5.88. The maximum Gasteiger partial charge on any atom is 0.371 e. The van der Waals surface area contributed by atoms with Gasteiger partial charge in [0.25, 0.3) is 0 Å². The van der Waals surface area contributed by atoms with E-state index < -0.39 is 5.97 Å². The van der Waals surface area contributed by atoms with Crippen LogP contribution in [0.4, 0.5) is 0 Å². The molecule has 2 aromatic rings. The average molecular weight is 342 g/mol. The second-order valence-electron chi connectivity index (χ2n) is 5.36. The summed E-state index contributed by atoms with van der Waals surface area (Å²) < 4.78 is 16.1. The predicted octanol–water partition coefficient (Wildman–Crippen LogP) is 4.38. The lowest BCUT2D eigenvalue weighted by Crippen LogP contribution is -2.07. The van der Waals surface area contributed by atoms with Crippen molar-refractivity contribution in [3.8, 4) is 17.2 Å². The largest absolute Gasteiger partial charge is 0.497 e. The summed E-state index contributed by atoms with van der Waals surface area (Å²) in [6, 6.07) is 13.9. The van der Waals surface area contributed by atoms with Gasteiger partial charge in [0, 0.05) is 0 Å². The van der Waals surface area contributed by atoms with Crippen LogP contribution in [-0.2, 0) is 4.79 Å². The Morgan fingerprint density at radius 1 is 1.00 bits per heavy atom. The molecule has 0 aliphatic rings. The topological polar surface area (TPSA) is 65.0 Å². The van der Waals surface area contributed by atoms with E-state index in [2.05, 4.69) is 6.92 Å². The number of ether oxygens (including phenoxy) is 3. The van der Waals surface area contributed by atoms with E-state index in [4.69, 9.17) is 14.2 Å². The molecule has 0 saturated heterocycles. The van der Waals surface area contributed by atoms with Crippen molar-refractivity contribution < 1.29 is 24.1 Å². The minimum absolute atomic E-state index is 0.162. The number of carboxylic acid groups (broad SMARTS) is 1. The van der Waals surface area contributed by atoms with Crippen LogP contribution in [0.15, 0.2) is 54.3 Å². The predicted molar refractivity (Wildman–Crippen MR) is 96.1 cm³/mol. The van der Waals surface area contributed by atoms with Crippen LogP contribution >= 0.6 is 0 Å². The first-order valence-corrected chi connectivity index (χ1v) is 8.12. The molecule has 25 heavy (non-hydrogen) atoms. The minimum Gasteiger partial charge on any atom is -0.497 e. The number of unbranched alkanes of at least 4 members (excludes halogenated alkanes) is 1. The molecular formula is C20H22O5. The van der Waals surface area contributed by atoms with Gasteiger partial charge >= 0.3 is 5.97 Å². The van der Waals surface area contributed by atoms with Crippen LogP contribution in [0.1, 0.15) is 25.3 Å². The van der Waals surface area contributed by atoms with Gasteiger partial charge in [0.1, 0.15) is 17.2 Å². The zero-order chi connectivity index (χ0) is 18.1. The van der Waals surface area contributed by atoms with Gasteiger partial charge in [-0.3, -0.25) is 0 Å². The number of hydrogen-bond donors (Lipinski definition) is 1. The van der Waals surface area contributed by atoms with Gasteiger partial charge in [-0.15, -0.1) is 0 Å². The van der Waals surface area contributed by atoms with Gasteiger partial charge in [-0.1, -0.05) is 25.5 Å². The maximum atomic E-state index is 11.4. The molecule has 0 atom stereocenters. The number of benzene rings is 2.